The number of nitrogen functional groups attached to an aromatic ring is 1. The molecule has 0 atom stereocenters. The Bertz CT molecular complexity index is 624. The monoisotopic (exact) mass is 341 g/mol. The molecule has 1 heterocycles. The predicted octanol–water partition coefficient (Wildman–Crippen LogP) is 3.76. The van der Waals surface area contributed by atoms with Crippen LogP contribution in [-0.4, -0.2) is 10.5 Å². The van der Waals surface area contributed by atoms with Gasteiger partial charge in [0.1, 0.15) is 5.69 Å². The lowest BCUT2D eigenvalue weighted by atomic mass is 10.3. The molecule has 0 aliphatic rings. The molecule has 0 saturated carbocycles. The van der Waals surface area contributed by atoms with E-state index in [0.717, 1.165) is 4.47 Å². The van der Waals surface area contributed by atoms with Gasteiger partial charge in [0, 0.05) is 17.2 Å². The summed E-state index contributed by atoms with van der Waals surface area (Å²) < 4.78 is 2.63. The normalized spacial score (nSPS) is 10.5. The lowest BCUT2D eigenvalue weighted by Gasteiger charge is -2.09. The van der Waals surface area contributed by atoms with Crippen LogP contribution in [0, 0.1) is 0 Å². The molecule has 6 heteroatoms. The highest BCUT2D eigenvalue weighted by Gasteiger charge is 2.13. The van der Waals surface area contributed by atoms with Crippen LogP contribution in [0.25, 0.3) is 0 Å². The Morgan fingerprint density at radius 2 is 2.21 bits per heavy atom. The van der Waals surface area contributed by atoms with Crippen molar-refractivity contribution < 1.29 is 4.79 Å². The molecular weight excluding hydrogens is 330 g/mol. The van der Waals surface area contributed by atoms with E-state index in [9.17, 15) is 4.79 Å². The van der Waals surface area contributed by atoms with Gasteiger partial charge in [-0.1, -0.05) is 27.5 Å². The van der Waals surface area contributed by atoms with E-state index in [-0.39, 0.29) is 5.91 Å². The van der Waals surface area contributed by atoms with Crippen LogP contribution in [0.1, 0.15) is 17.4 Å². The Hall–Kier alpha value is -1.46. The van der Waals surface area contributed by atoms with Crippen LogP contribution < -0.4 is 11.1 Å². The maximum Gasteiger partial charge on any atom is 0.272 e. The predicted molar refractivity (Wildman–Crippen MR) is 81.6 cm³/mol. The fourth-order valence-electron chi connectivity index (χ4n) is 1.76. The molecule has 3 N–H and O–H groups in total. The van der Waals surface area contributed by atoms with Gasteiger partial charge < -0.3 is 15.6 Å². The van der Waals surface area contributed by atoms with Crippen LogP contribution in [0.3, 0.4) is 0 Å². The molecule has 19 heavy (non-hydrogen) atoms. The second-order valence-corrected chi connectivity index (χ2v) is 5.35. The number of aromatic nitrogens is 1. The molecule has 4 nitrogen and oxygen atoms in total. The third kappa shape index (κ3) is 3.11. The van der Waals surface area contributed by atoms with E-state index in [2.05, 4.69) is 21.2 Å². The number of nitrogens with two attached hydrogens (primary N) is 1. The fraction of sp³-hybridized carbons (Fsp3) is 0.154. The van der Waals surface area contributed by atoms with E-state index >= 15 is 0 Å². The largest absolute Gasteiger partial charge is 0.397 e. The van der Waals surface area contributed by atoms with Crippen molar-refractivity contribution in [3.8, 4) is 0 Å². The topological polar surface area (TPSA) is 60.0 Å². The van der Waals surface area contributed by atoms with Gasteiger partial charge in [0.05, 0.1) is 16.4 Å². The van der Waals surface area contributed by atoms with Crippen molar-refractivity contribution in [3.63, 3.8) is 0 Å². The van der Waals surface area contributed by atoms with Crippen LogP contribution in [0.15, 0.2) is 34.9 Å². The quantitative estimate of drug-likeness (QED) is 0.892. The van der Waals surface area contributed by atoms with E-state index < -0.39 is 0 Å². The lowest BCUT2D eigenvalue weighted by Crippen LogP contribution is -2.16. The molecule has 0 bridgehead atoms. The number of aryl methyl sites for hydroxylation is 1. The Balaban J connectivity index is 2.27. The van der Waals surface area contributed by atoms with Crippen molar-refractivity contribution in [1.29, 1.82) is 0 Å². The maximum atomic E-state index is 12.2. The molecular formula is C13H13BrClN3O. The minimum atomic E-state index is -0.237. The summed E-state index contributed by atoms with van der Waals surface area (Å²) in [5, 5.41) is 3.26. The number of rotatable bonds is 3. The van der Waals surface area contributed by atoms with E-state index in [1.54, 1.807) is 29.0 Å². The van der Waals surface area contributed by atoms with Crippen molar-refractivity contribution in [1.82, 2.24) is 4.57 Å². The highest BCUT2D eigenvalue weighted by atomic mass is 79.9. The van der Waals surface area contributed by atoms with Gasteiger partial charge in [0.2, 0.25) is 0 Å². The molecule has 0 saturated heterocycles. The van der Waals surface area contributed by atoms with Gasteiger partial charge in [-0.15, -0.1) is 0 Å². The zero-order chi connectivity index (χ0) is 14.0. The number of halogens is 2. The molecule has 0 spiro atoms. The van der Waals surface area contributed by atoms with Gasteiger partial charge in [0.25, 0.3) is 5.91 Å². The number of amides is 1. The Morgan fingerprint density at radius 1 is 1.47 bits per heavy atom. The van der Waals surface area contributed by atoms with Crippen LogP contribution in [0.5, 0.6) is 0 Å². The first-order chi connectivity index (χ1) is 9.01. The summed E-state index contributed by atoms with van der Waals surface area (Å²) >= 11 is 9.38. The second kappa shape index (κ2) is 5.67. The van der Waals surface area contributed by atoms with Gasteiger partial charge in [-0.25, -0.2) is 0 Å². The number of hydrogen-bond donors (Lipinski definition) is 2. The molecule has 0 aliphatic heterocycles. The van der Waals surface area contributed by atoms with Crippen LogP contribution in [0.2, 0.25) is 5.02 Å². The third-order valence-corrected chi connectivity index (χ3v) is 3.49. The highest BCUT2D eigenvalue weighted by Crippen LogP contribution is 2.26. The molecule has 1 amide bonds. The molecule has 2 aromatic rings. The molecule has 0 aliphatic carbocycles. The molecule has 2 rings (SSSR count). The van der Waals surface area contributed by atoms with Crippen molar-refractivity contribution in [2.24, 2.45) is 0 Å². The van der Waals surface area contributed by atoms with E-state index in [1.807, 2.05) is 13.0 Å². The van der Waals surface area contributed by atoms with E-state index in [4.69, 9.17) is 17.3 Å². The molecule has 0 unspecified atom stereocenters. The first-order valence-corrected chi connectivity index (χ1v) is 6.90. The molecule has 1 aromatic carbocycles. The number of hydrogen-bond acceptors (Lipinski definition) is 2. The van der Waals surface area contributed by atoms with Crippen molar-refractivity contribution in [2.75, 3.05) is 11.1 Å². The maximum absolute atomic E-state index is 12.2. The number of nitrogens with one attached hydrogen (secondary N) is 1. The third-order valence-electron chi connectivity index (χ3n) is 2.67. The second-order valence-electron chi connectivity index (χ2n) is 4.02. The number of nitrogens with zero attached hydrogens (tertiary/aromatic N) is 1. The van der Waals surface area contributed by atoms with Gasteiger partial charge >= 0.3 is 0 Å². The zero-order valence-electron chi connectivity index (χ0n) is 10.3. The average Bonchev–Trinajstić information content (AvgIpc) is 2.75. The summed E-state index contributed by atoms with van der Waals surface area (Å²) in [5.41, 5.74) is 7.34. The first kappa shape index (κ1) is 14.0. The van der Waals surface area contributed by atoms with E-state index in [1.165, 1.54) is 0 Å². The SMILES string of the molecule is CCn1cc(N)cc1C(=O)Nc1cc(Br)ccc1Cl. The molecule has 100 valence electrons. The summed E-state index contributed by atoms with van der Waals surface area (Å²) in [7, 11) is 0. The minimum absolute atomic E-state index is 0.237. The standard InChI is InChI=1S/C13H13BrClN3O/c1-2-18-7-9(16)6-12(18)13(19)17-11-5-8(14)3-4-10(11)15/h3-7H,2,16H2,1H3,(H,17,19). The van der Waals surface area contributed by atoms with Crippen LogP contribution >= 0.6 is 27.5 Å². The number of anilines is 2. The lowest BCUT2D eigenvalue weighted by molar-refractivity contribution is 0.101. The van der Waals surface area contributed by atoms with Crippen LogP contribution in [-0.2, 0) is 6.54 Å². The van der Waals surface area contributed by atoms with Gasteiger partial charge in [0.15, 0.2) is 0 Å². The molecule has 0 fully saturated rings. The number of benzene rings is 1. The smallest absolute Gasteiger partial charge is 0.272 e. The zero-order valence-corrected chi connectivity index (χ0v) is 12.6. The molecule has 1 aromatic heterocycles. The summed E-state index contributed by atoms with van der Waals surface area (Å²) in [5.74, 6) is -0.237. The first-order valence-electron chi connectivity index (χ1n) is 5.73. The summed E-state index contributed by atoms with van der Waals surface area (Å²) in [6, 6.07) is 6.92. The van der Waals surface area contributed by atoms with E-state index in [0.29, 0.717) is 28.6 Å². The number of carbonyl (C=O) groups is 1. The van der Waals surface area contributed by atoms with Crippen molar-refractivity contribution >= 4 is 44.8 Å². The Morgan fingerprint density at radius 3 is 2.89 bits per heavy atom. The Labute approximate surface area is 124 Å². The van der Waals surface area contributed by atoms with Gasteiger partial charge in [-0.2, -0.15) is 0 Å². The van der Waals surface area contributed by atoms with Gasteiger partial charge in [-0.3, -0.25) is 4.79 Å². The number of carbonyl (C=O) groups excluding carboxylic acids is 1. The summed E-state index contributed by atoms with van der Waals surface area (Å²) in [6.07, 6.45) is 1.73. The van der Waals surface area contributed by atoms with Gasteiger partial charge in [-0.05, 0) is 31.2 Å². The Kier molecular flexibility index (Phi) is 4.17. The fourth-order valence-corrected chi connectivity index (χ4v) is 2.29. The average molecular weight is 343 g/mol. The highest BCUT2D eigenvalue weighted by molar-refractivity contribution is 9.10. The molecule has 0 radical (unpaired) electrons. The van der Waals surface area contributed by atoms with Crippen molar-refractivity contribution in [3.05, 3.63) is 45.7 Å². The summed E-state index contributed by atoms with van der Waals surface area (Å²) in [4.78, 5) is 12.2. The van der Waals surface area contributed by atoms with Crippen molar-refractivity contribution in [2.45, 2.75) is 13.5 Å². The van der Waals surface area contributed by atoms with Crippen LogP contribution in [0.4, 0.5) is 11.4 Å². The minimum Gasteiger partial charge on any atom is -0.397 e. The summed E-state index contributed by atoms with van der Waals surface area (Å²) in [6.45, 7) is 2.62.